The van der Waals surface area contributed by atoms with Gasteiger partial charge in [-0.05, 0) is 24.3 Å². The fourth-order valence-corrected chi connectivity index (χ4v) is 3.13. The third kappa shape index (κ3) is 5.31. The van der Waals surface area contributed by atoms with Crippen molar-refractivity contribution in [3.8, 4) is 17.0 Å². The van der Waals surface area contributed by atoms with E-state index in [4.69, 9.17) is 0 Å². The molecule has 29 heavy (non-hydrogen) atoms. The average Bonchev–Trinajstić information content (AvgIpc) is 3.31. The van der Waals surface area contributed by atoms with Crippen LogP contribution in [0.25, 0.3) is 11.3 Å². The third-order valence-corrected chi connectivity index (χ3v) is 4.61. The van der Waals surface area contributed by atoms with E-state index in [0.29, 0.717) is 16.4 Å². The number of aromatic nitrogens is 3. The molecular weight excluding hydrogens is 408 g/mol. The van der Waals surface area contributed by atoms with Crippen LogP contribution in [0.15, 0.2) is 42.0 Å². The van der Waals surface area contributed by atoms with Crippen LogP contribution in [-0.4, -0.2) is 32.2 Å². The number of nitrogens with zero attached hydrogens (tertiary/aromatic N) is 4. The van der Waals surface area contributed by atoms with Crippen molar-refractivity contribution < 1.29 is 23.2 Å². The fourth-order valence-electron chi connectivity index (χ4n) is 2.41. The van der Waals surface area contributed by atoms with Crippen LogP contribution in [0.2, 0.25) is 0 Å². The number of alkyl halides is 2. The Hall–Kier alpha value is -3.41. The predicted octanol–water partition coefficient (Wildman–Crippen LogP) is 3.79. The van der Waals surface area contributed by atoms with Gasteiger partial charge in [-0.1, -0.05) is 6.92 Å². The molecule has 152 valence electrons. The van der Waals surface area contributed by atoms with Gasteiger partial charge in [0.1, 0.15) is 18.1 Å². The molecule has 0 radical (unpaired) electrons. The highest BCUT2D eigenvalue weighted by Gasteiger charge is 2.18. The Morgan fingerprint density at radius 3 is 2.72 bits per heavy atom. The van der Waals surface area contributed by atoms with Crippen molar-refractivity contribution in [1.29, 1.82) is 0 Å². The molecule has 12 heteroatoms. The van der Waals surface area contributed by atoms with Crippen molar-refractivity contribution in [2.24, 2.45) is 5.92 Å². The minimum atomic E-state index is -2.89. The summed E-state index contributed by atoms with van der Waals surface area (Å²) in [5, 5.41) is 19.3. The van der Waals surface area contributed by atoms with Gasteiger partial charge in [0.2, 0.25) is 5.91 Å². The molecule has 3 aromatic rings. The Balaban J connectivity index is 1.59. The van der Waals surface area contributed by atoms with E-state index in [1.54, 1.807) is 24.4 Å². The zero-order chi connectivity index (χ0) is 21.0. The van der Waals surface area contributed by atoms with Crippen molar-refractivity contribution in [3.63, 3.8) is 0 Å². The molecule has 0 aliphatic rings. The zero-order valence-corrected chi connectivity index (χ0v) is 15.8. The summed E-state index contributed by atoms with van der Waals surface area (Å²) in [6.07, 6.45) is 2.38. The molecule has 1 atom stereocenters. The number of nitrogens with one attached hydrogen (secondary N) is 1. The fraction of sp³-hybridized carbons (Fsp3) is 0.235. The Bertz CT molecular complexity index is 1010. The normalized spacial score (nSPS) is 12.0. The second-order valence-corrected chi connectivity index (χ2v) is 6.87. The smallest absolute Gasteiger partial charge is 0.387 e. The number of thiazole rings is 1. The van der Waals surface area contributed by atoms with Crippen molar-refractivity contribution in [1.82, 2.24) is 14.8 Å². The molecule has 0 aliphatic heterocycles. The van der Waals surface area contributed by atoms with Crippen molar-refractivity contribution in [2.45, 2.75) is 20.1 Å². The summed E-state index contributed by atoms with van der Waals surface area (Å²) < 4.78 is 30.0. The number of hydrogen-bond donors (Lipinski definition) is 1. The first-order valence-corrected chi connectivity index (χ1v) is 9.18. The lowest BCUT2D eigenvalue weighted by atomic mass is 10.1. The first kappa shape index (κ1) is 20.3. The Kier molecular flexibility index (Phi) is 6.12. The summed E-state index contributed by atoms with van der Waals surface area (Å²) in [6.45, 7) is -1.06. The van der Waals surface area contributed by atoms with Gasteiger partial charge in [0.15, 0.2) is 5.13 Å². The molecule has 0 saturated heterocycles. The third-order valence-electron chi connectivity index (χ3n) is 3.85. The van der Waals surface area contributed by atoms with E-state index >= 15 is 0 Å². The number of hydrogen-bond acceptors (Lipinski definition) is 7. The van der Waals surface area contributed by atoms with Gasteiger partial charge in [0, 0.05) is 10.9 Å². The molecule has 2 aromatic heterocycles. The number of anilines is 1. The Morgan fingerprint density at radius 2 is 2.10 bits per heavy atom. The van der Waals surface area contributed by atoms with Crippen LogP contribution in [0.5, 0.6) is 5.75 Å². The van der Waals surface area contributed by atoms with E-state index in [0.717, 1.165) is 6.20 Å². The molecule has 0 fully saturated rings. The second-order valence-electron chi connectivity index (χ2n) is 6.01. The summed E-state index contributed by atoms with van der Waals surface area (Å²) in [4.78, 5) is 26.8. The molecule has 2 heterocycles. The zero-order valence-electron chi connectivity index (χ0n) is 15.0. The summed E-state index contributed by atoms with van der Waals surface area (Å²) in [5.41, 5.74) is 1.11. The van der Waals surface area contributed by atoms with Crippen LogP contribution >= 0.6 is 11.3 Å². The molecule has 1 unspecified atom stereocenters. The Labute approximate surface area is 167 Å². The number of carbonyl (C=O) groups excluding carboxylic acids is 1. The lowest BCUT2D eigenvalue weighted by molar-refractivity contribution is -0.385. The molecule has 3 rings (SSSR count). The van der Waals surface area contributed by atoms with E-state index in [1.165, 1.54) is 34.3 Å². The van der Waals surface area contributed by atoms with E-state index in [2.05, 4.69) is 20.1 Å². The van der Waals surface area contributed by atoms with Crippen LogP contribution in [0, 0.1) is 16.0 Å². The molecule has 0 saturated carbocycles. The molecule has 0 spiro atoms. The monoisotopic (exact) mass is 423 g/mol. The molecule has 0 aliphatic carbocycles. The van der Waals surface area contributed by atoms with E-state index < -0.39 is 17.5 Å². The second kappa shape index (κ2) is 8.73. The van der Waals surface area contributed by atoms with Crippen molar-refractivity contribution in [2.75, 3.05) is 5.32 Å². The summed E-state index contributed by atoms with van der Waals surface area (Å²) >= 11 is 1.21. The number of rotatable bonds is 8. The van der Waals surface area contributed by atoms with Crippen LogP contribution in [0.1, 0.15) is 6.92 Å². The van der Waals surface area contributed by atoms with Crippen LogP contribution in [0.3, 0.4) is 0 Å². The average molecular weight is 423 g/mol. The van der Waals surface area contributed by atoms with E-state index in [9.17, 15) is 23.7 Å². The first-order chi connectivity index (χ1) is 13.8. The largest absolute Gasteiger partial charge is 0.435 e. The van der Waals surface area contributed by atoms with Crippen molar-refractivity contribution >= 4 is 28.1 Å². The number of ether oxygens (including phenoxy) is 1. The van der Waals surface area contributed by atoms with E-state index in [-0.39, 0.29) is 23.9 Å². The Morgan fingerprint density at radius 1 is 1.38 bits per heavy atom. The first-order valence-electron chi connectivity index (χ1n) is 8.30. The number of halogens is 2. The summed E-state index contributed by atoms with van der Waals surface area (Å²) in [7, 11) is 0. The van der Waals surface area contributed by atoms with Gasteiger partial charge in [-0.2, -0.15) is 13.9 Å². The number of amides is 1. The van der Waals surface area contributed by atoms with E-state index in [1.807, 2.05) is 0 Å². The molecule has 0 bridgehead atoms. The molecule has 1 N–H and O–H groups in total. The van der Waals surface area contributed by atoms with Crippen LogP contribution in [0.4, 0.5) is 19.6 Å². The minimum absolute atomic E-state index is 0.0418. The van der Waals surface area contributed by atoms with Gasteiger partial charge < -0.3 is 10.1 Å². The van der Waals surface area contributed by atoms with Crippen LogP contribution < -0.4 is 10.1 Å². The quantitative estimate of drug-likeness (QED) is 0.436. The van der Waals surface area contributed by atoms with Gasteiger partial charge in [-0.3, -0.25) is 19.6 Å². The topological polar surface area (TPSA) is 112 Å². The lowest BCUT2D eigenvalue weighted by Crippen LogP contribution is -2.24. The van der Waals surface area contributed by atoms with Gasteiger partial charge in [-0.15, -0.1) is 11.3 Å². The van der Waals surface area contributed by atoms with Crippen molar-refractivity contribution in [3.05, 3.63) is 52.2 Å². The lowest BCUT2D eigenvalue weighted by Gasteiger charge is -2.10. The predicted molar refractivity (Wildman–Crippen MR) is 101 cm³/mol. The number of nitro groups is 1. The maximum atomic E-state index is 12.3. The highest BCUT2D eigenvalue weighted by Crippen LogP contribution is 2.27. The van der Waals surface area contributed by atoms with Crippen LogP contribution in [-0.2, 0) is 11.3 Å². The van der Waals surface area contributed by atoms with Gasteiger partial charge in [0.25, 0.3) is 0 Å². The molecular formula is C17H15F2N5O4S. The SMILES string of the molecule is CC(Cn1cc([N+](=O)[O-])cn1)C(=O)Nc1nc(-c2ccc(OC(F)F)cc2)cs1. The highest BCUT2D eigenvalue weighted by atomic mass is 32.1. The molecule has 9 nitrogen and oxygen atoms in total. The molecule has 1 aromatic carbocycles. The summed E-state index contributed by atoms with van der Waals surface area (Å²) in [6, 6.07) is 5.99. The molecule has 1 amide bonds. The van der Waals surface area contributed by atoms with Gasteiger partial charge >= 0.3 is 12.3 Å². The standard InChI is InChI=1S/C17H15F2N5O4S/c1-10(7-23-8-12(6-20-23)24(26)27)15(25)22-17-21-14(9-29-17)11-2-4-13(5-3-11)28-16(18)19/h2-6,8-10,16H,7H2,1H3,(H,21,22,25). The minimum Gasteiger partial charge on any atom is -0.435 e. The highest BCUT2D eigenvalue weighted by molar-refractivity contribution is 7.14. The maximum absolute atomic E-state index is 12.3. The number of carbonyl (C=O) groups is 1. The maximum Gasteiger partial charge on any atom is 0.387 e. The van der Waals surface area contributed by atoms with Gasteiger partial charge in [0.05, 0.1) is 23.1 Å². The number of benzene rings is 1. The van der Waals surface area contributed by atoms with Gasteiger partial charge in [-0.25, -0.2) is 4.98 Å². The summed E-state index contributed by atoms with van der Waals surface area (Å²) in [5.74, 6) is -0.780.